The molecule has 0 aliphatic rings. The number of H-pyrrole nitrogens is 1. The normalized spacial score (nSPS) is 13.3. The van der Waals surface area contributed by atoms with Gasteiger partial charge in [0, 0.05) is 11.7 Å². The van der Waals surface area contributed by atoms with Gasteiger partial charge in [-0.15, -0.1) is 0 Å². The number of Topliss-reactive ketones (excluding diaryl/α,β-unsaturated/α-hetero) is 1. The minimum atomic E-state index is -0.397. The molecule has 0 aliphatic carbocycles. The number of nitrogens with one attached hydrogen (secondary N) is 2. The second-order valence-electron chi connectivity index (χ2n) is 6.23. The summed E-state index contributed by atoms with van der Waals surface area (Å²) in [5.41, 5.74) is 3.33. The Morgan fingerprint density at radius 1 is 1.16 bits per heavy atom. The number of aromatic nitrogens is 1. The van der Waals surface area contributed by atoms with E-state index in [2.05, 4.69) is 10.3 Å². The number of ether oxygens (including phenoxy) is 1. The highest BCUT2D eigenvalue weighted by atomic mass is 16.5. The first kappa shape index (κ1) is 18.9. The molecule has 5 heteroatoms. The fourth-order valence-corrected chi connectivity index (χ4v) is 3.01. The molecule has 1 heterocycles. The van der Waals surface area contributed by atoms with Crippen molar-refractivity contribution in [3.05, 3.63) is 58.4 Å². The van der Waals surface area contributed by atoms with Crippen molar-refractivity contribution in [2.24, 2.45) is 0 Å². The molecule has 2 aromatic rings. The zero-order chi connectivity index (χ0) is 18.6. The van der Waals surface area contributed by atoms with Gasteiger partial charge < -0.3 is 15.0 Å². The van der Waals surface area contributed by atoms with E-state index in [4.69, 9.17) is 4.74 Å². The molecular formula is C20H26N2O3. The molecule has 0 spiro atoms. The predicted octanol–water partition coefficient (Wildman–Crippen LogP) is 3.73. The first-order chi connectivity index (χ1) is 11.9. The number of hydrogen-bond donors (Lipinski definition) is 2. The zero-order valence-corrected chi connectivity index (χ0v) is 15.5. The van der Waals surface area contributed by atoms with E-state index < -0.39 is 5.97 Å². The molecule has 0 saturated carbocycles. The number of benzene rings is 1. The topological polar surface area (TPSA) is 71.2 Å². The number of rotatable bonds is 7. The lowest BCUT2D eigenvalue weighted by Gasteiger charge is -2.19. The van der Waals surface area contributed by atoms with E-state index in [1.807, 2.05) is 44.2 Å². The number of carbonyl (C=O) groups excluding carboxylic acids is 2. The average Bonchev–Trinajstić information content (AvgIpc) is 2.89. The third kappa shape index (κ3) is 4.17. The SMILES string of the molecule is CCOC(=O)c1c(C)[nH]c(C(=O)[C@H](C)N[C@@H](C)c2ccccc2)c1C. The lowest BCUT2D eigenvalue weighted by atomic mass is 10.0. The van der Waals surface area contributed by atoms with E-state index in [1.54, 1.807) is 20.8 Å². The first-order valence-electron chi connectivity index (χ1n) is 8.58. The minimum absolute atomic E-state index is 0.0426. The standard InChI is InChI=1S/C20H26N2O3/c1-6-25-20(24)17-12(2)18(22-14(17)4)19(23)15(5)21-13(3)16-10-8-7-9-11-16/h7-11,13,15,21-22H,6H2,1-5H3/t13-,15-/m0/s1. The molecule has 2 N–H and O–H groups in total. The van der Waals surface area contributed by atoms with Crippen LogP contribution in [0.5, 0.6) is 0 Å². The van der Waals surface area contributed by atoms with Crippen LogP contribution in [0.15, 0.2) is 30.3 Å². The lowest BCUT2D eigenvalue weighted by Crippen LogP contribution is -2.36. The van der Waals surface area contributed by atoms with Crippen LogP contribution in [-0.4, -0.2) is 29.4 Å². The summed E-state index contributed by atoms with van der Waals surface area (Å²) in [6.07, 6.45) is 0. The van der Waals surface area contributed by atoms with E-state index in [-0.39, 0.29) is 17.9 Å². The van der Waals surface area contributed by atoms with Gasteiger partial charge in [-0.25, -0.2) is 4.79 Å². The van der Waals surface area contributed by atoms with E-state index in [0.29, 0.717) is 29.1 Å². The summed E-state index contributed by atoms with van der Waals surface area (Å²) in [4.78, 5) is 28.0. The summed E-state index contributed by atoms with van der Waals surface area (Å²) >= 11 is 0. The van der Waals surface area contributed by atoms with Crippen LogP contribution in [0, 0.1) is 13.8 Å². The molecule has 25 heavy (non-hydrogen) atoms. The molecule has 0 radical (unpaired) electrons. The van der Waals surface area contributed by atoms with Gasteiger partial charge in [-0.1, -0.05) is 30.3 Å². The van der Waals surface area contributed by atoms with Crippen molar-refractivity contribution < 1.29 is 14.3 Å². The molecule has 1 aromatic carbocycles. The monoisotopic (exact) mass is 342 g/mol. The molecule has 134 valence electrons. The average molecular weight is 342 g/mol. The number of ketones is 1. The number of esters is 1. The number of aryl methyl sites for hydroxylation is 1. The predicted molar refractivity (Wildman–Crippen MR) is 98.0 cm³/mol. The Labute approximate surface area is 148 Å². The molecule has 0 fully saturated rings. The Hall–Kier alpha value is -2.40. The van der Waals surface area contributed by atoms with Gasteiger partial charge in [0.25, 0.3) is 0 Å². The van der Waals surface area contributed by atoms with E-state index in [1.165, 1.54) is 0 Å². The molecule has 0 unspecified atom stereocenters. The summed E-state index contributed by atoms with van der Waals surface area (Å²) in [7, 11) is 0. The van der Waals surface area contributed by atoms with Crippen LogP contribution in [0.3, 0.4) is 0 Å². The third-order valence-electron chi connectivity index (χ3n) is 4.36. The van der Waals surface area contributed by atoms with Gasteiger partial charge in [-0.2, -0.15) is 0 Å². The molecule has 0 bridgehead atoms. The quantitative estimate of drug-likeness (QED) is 0.594. The first-order valence-corrected chi connectivity index (χ1v) is 8.58. The van der Waals surface area contributed by atoms with Crippen LogP contribution in [0.1, 0.15) is 64.5 Å². The Kier molecular flexibility index (Phi) is 6.15. The van der Waals surface area contributed by atoms with Crippen LogP contribution in [-0.2, 0) is 4.74 Å². The maximum atomic E-state index is 12.8. The van der Waals surface area contributed by atoms with Crippen molar-refractivity contribution in [1.82, 2.24) is 10.3 Å². The van der Waals surface area contributed by atoms with Crippen LogP contribution >= 0.6 is 0 Å². The number of aromatic amines is 1. The summed E-state index contributed by atoms with van der Waals surface area (Å²) in [5, 5.41) is 3.32. The second-order valence-corrected chi connectivity index (χ2v) is 6.23. The van der Waals surface area contributed by atoms with Crippen molar-refractivity contribution in [1.29, 1.82) is 0 Å². The highest BCUT2D eigenvalue weighted by Crippen LogP contribution is 2.21. The van der Waals surface area contributed by atoms with Gasteiger partial charge in [0.15, 0.2) is 5.78 Å². The van der Waals surface area contributed by atoms with Gasteiger partial charge >= 0.3 is 5.97 Å². The molecule has 0 aliphatic heterocycles. The van der Waals surface area contributed by atoms with Crippen molar-refractivity contribution in [3.63, 3.8) is 0 Å². The summed E-state index contributed by atoms with van der Waals surface area (Å²) in [5.74, 6) is -0.468. The zero-order valence-electron chi connectivity index (χ0n) is 15.5. The molecular weight excluding hydrogens is 316 g/mol. The van der Waals surface area contributed by atoms with Crippen molar-refractivity contribution in [3.8, 4) is 0 Å². The second kappa shape index (κ2) is 8.12. The Morgan fingerprint density at radius 2 is 1.80 bits per heavy atom. The fourth-order valence-electron chi connectivity index (χ4n) is 3.01. The smallest absolute Gasteiger partial charge is 0.340 e. The van der Waals surface area contributed by atoms with E-state index >= 15 is 0 Å². The van der Waals surface area contributed by atoms with Crippen LogP contribution in [0.4, 0.5) is 0 Å². The van der Waals surface area contributed by atoms with E-state index in [0.717, 1.165) is 5.56 Å². The van der Waals surface area contributed by atoms with Gasteiger partial charge in [0.05, 0.1) is 23.9 Å². The van der Waals surface area contributed by atoms with Gasteiger partial charge in [0.2, 0.25) is 0 Å². The Bertz CT molecular complexity index is 750. The molecule has 0 amide bonds. The van der Waals surface area contributed by atoms with Gasteiger partial charge in [-0.3, -0.25) is 4.79 Å². The minimum Gasteiger partial charge on any atom is -0.462 e. The van der Waals surface area contributed by atoms with Gasteiger partial charge in [0.1, 0.15) is 0 Å². The molecule has 2 atom stereocenters. The molecule has 5 nitrogen and oxygen atoms in total. The van der Waals surface area contributed by atoms with Crippen LogP contribution in [0.2, 0.25) is 0 Å². The summed E-state index contributed by atoms with van der Waals surface area (Å²) < 4.78 is 5.08. The molecule has 2 rings (SSSR count). The maximum Gasteiger partial charge on any atom is 0.340 e. The molecule has 0 saturated heterocycles. The van der Waals surface area contributed by atoms with Gasteiger partial charge in [-0.05, 0) is 45.7 Å². The highest BCUT2D eigenvalue weighted by Gasteiger charge is 2.26. The Balaban J connectivity index is 2.17. The maximum absolute atomic E-state index is 12.8. The van der Waals surface area contributed by atoms with Crippen molar-refractivity contribution in [2.45, 2.75) is 46.7 Å². The van der Waals surface area contributed by atoms with Crippen LogP contribution < -0.4 is 5.32 Å². The highest BCUT2D eigenvalue weighted by molar-refractivity contribution is 6.03. The van der Waals surface area contributed by atoms with E-state index in [9.17, 15) is 9.59 Å². The summed E-state index contributed by atoms with van der Waals surface area (Å²) in [6, 6.07) is 9.62. The van der Waals surface area contributed by atoms with Crippen LogP contribution in [0.25, 0.3) is 0 Å². The number of carbonyl (C=O) groups is 2. The Morgan fingerprint density at radius 3 is 2.40 bits per heavy atom. The largest absolute Gasteiger partial charge is 0.462 e. The fraction of sp³-hybridized carbons (Fsp3) is 0.400. The lowest BCUT2D eigenvalue weighted by molar-refractivity contribution is 0.0525. The summed E-state index contributed by atoms with van der Waals surface area (Å²) in [6.45, 7) is 9.48. The number of hydrogen-bond acceptors (Lipinski definition) is 4. The van der Waals surface area contributed by atoms with Crippen molar-refractivity contribution in [2.75, 3.05) is 6.61 Å². The third-order valence-corrected chi connectivity index (χ3v) is 4.36. The molecule has 1 aromatic heterocycles. The van der Waals surface area contributed by atoms with Crippen molar-refractivity contribution >= 4 is 11.8 Å².